The number of carbonyl (C=O) groups is 1. The summed E-state index contributed by atoms with van der Waals surface area (Å²) >= 11 is 0. The SMILES string of the molecule is CCNC(=NCc1cccc(C(=O)NC(C)(C)C)c1)Nc1cccc(OCCCOC)c1.I. The lowest BCUT2D eigenvalue weighted by Crippen LogP contribution is -2.40. The van der Waals surface area contributed by atoms with Crippen LogP contribution in [-0.2, 0) is 11.3 Å². The number of rotatable bonds is 10. The summed E-state index contributed by atoms with van der Waals surface area (Å²) in [5.74, 6) is 1.36. The minimum absolute atomic E-state index is 0. The third-order valence-corrected chi connectivity index (χ3v) is 4.30. The Kier molecular flexibility index (Phi) is 12.8. The van der Waals surface area contributed by atoms with E-state index in [1.807, 2.05) is 76.2 Å². The summed E-state index contributed by atoms with van der Waals surface area (Å²) in [5, 5.41) is 9.56. The molecule has 0 saturated heterocycles. The summed E-state index contributed by atoms with van der Waals surface area (Å²) in [6.45, 7) is 10.4. The fourth-order valence-electron chi connectivity index (χ4n) is 2.89. The van der Waals surface area contributed by atoms with E-state index in [0.29, 0.717) is 31.3 Å². The fourth-order valence-corrected chi connectivity index (χ4v) is 2.89. The molecule has 0 atom stereocenters. The number of methoxy groups -OCH3 is 1. The second kappa shape index (κ2) is 14.7. The highest BCUT2D eigenvalue weighted by molar-refractivity contribution is 14.0. The molecule has 7 nitrogen and oxygen atoms in total. The van der Waals surface area contributed by atoms with Crippen molar-refractivity contribution < 1.29 is 14.3 Å². The molecule has 0 aliphatic rings. The molecule has 8 heteroatoms. The van der Waals surface area contributed by atoms with Crippen LogP contribution in [0.25, 0.3) is 0 Å². The zero-order valence-electron chi connectivity index (χ0n) is 20.2. The highest BCUT2D eigenvalue weighted by Crippen LogP contribution is 2.18. The molecule has 0 radical (unpaired) electrons. The Morgan fingerprint density at radius 3 is 2.52 bits per heavy atom. The molecule has 2 aromatic rings. The Labute approximate surface area is 214 Å². The zero-order valence-corrected chi connectivity index (χ0v) is 22.6. The van der Waals surface area contributed by atoms with Crippen LogP contribution in [0, 0.1) is 0 Å². The normalized spacial score (nSPS) is 11.4. The van der Waals surface area contributed by atoms with Crippen molar-refractivity contribution in [2.75, 3.05) is 32.2 Å². The van der Waals surface area contributed by atoms with Crippen molar-refractivity contribution in [3.8, 4) is 5.75 Å². The lowest BCUT2D eigenvalue weighted by molar-refractivity contribution is 0.0919. The van der Waals surface area contributed by atoms with E-state index >= 15 is 0 Å². The first-order valence-electron chi connectivity index (χ1n) is 11.0. The lowest BCUT2D eigenvalue weighted by Gasteiger charge is -2.20. The maximum atomic E-state index is 12.4. The minimum atomic E-state index is -0.282. The van der Waals surface area contributed by atoms with Crippen LogP contribution in [0.1, 0.15) is 50.0 Å². The van der Waals surface area contributed by atoms with Crippen LogP contribution < -0.4 is 20.7 Å². The maximum absolute atomic E-state index is 12.4. The van der Waals surface area contributed by atoms with Crippen LogP contribution in [0.4, 0.5) is 5.69 Å². The van der Waals surface area contributed by atoms with Crippen LogP contribution in [0.2, 0.25) is 0 Å². The molecule has 1 amide bonds. The lowest BCUT2D eigenvalue weighted by atomic mass is 10.1. The summed E-state index contributed by atoms with van der Waals surface area (Å²) in [6.07, 6.45) is 0.838. The monoisotopic (exact) mass is 568 g/mol. The number of benzene rings is 2. The number of aliphatic imine (C=N–C) groups is 1. The van der Waals surface area contributed by atoms with Crippen molar-refractivity contribution >= 4 is 41.5 Å². The number of hydrogen-bond donors (Lipinski definition) is 3. The Balaban J connectivity index is 0.00000544. The Hall–Kier alpha value is -2.33. The summed E-state index contributed by atoms with van der Waals surface area (Å²) < 4.78 is 10.8. The first-order valence-corrected chi connectivity index (χ1v) is 11.0. The molecule has 0 heterocycles. The van der Waals surface area contributed by atoms with Crippen molar-refractivity contribution in [2.24, 2.45) is 4.99 Å². The molecule has 2 rings (SSSR count). The average molecular weight is 569 g/mol. The quantitative estimate of drug-likeness (QED) is 0.166. The van der Waals surface area contributed by atoms with Crippen molar-refractivity contribution in [3.63, 3.8) is 0 Å². The van der Waals surface area contributed by atoms with Gasteiger partial charge in [-0.2, -0.15) is 0 Å². The van der Waals surface area contributed by atoms with Crippen molar-refractivity contribution in [1.82, 2.24) is 10.6 Å². The predicted molar refractivity (Wildman–Crippen MR) is 146 cm³/mol. The van der Waals surface area contributed by atoms with Gasteiger partial charge in [0.2, 0.25) is 0 Å². The number of guanidine groups is 1. The molecule has 182 valence electrons. The number of hydrogen-bond acceptors (Lipinski definition) is 4. The number of nitrogens with one attached hydrogen (secondary N) is 3. The largest absolute Gasteiger partial charge is 0.493 e. The summed E-state index contributed by atoms with van der Waals surface area (Å²) in [4.78, 5) is 17.1. The molecule has 0 aromatic heterocycles. The van der Waals surface area contributed by atoms with Gasteiger partial charge < -0.3 is 25.4 Å². The van der Waals surface area contributed by atoms with E-state index in [1.54, 1.807) is 7.11 Å². The van der Waals surface area contributed by atoms with Crippen molar-refractivity contribution in [2.45, 2.75) is 46.2 Å². The molecule has 2 aromatic carbocycles. The summed E-state index contributed by atoms with van der Waals surface area (Å²) in [6, 6.07) is 15.3. The van der Waals surface area contributed by atoms with Crippen molar-refractivity contribution in [1.29, 1.82) is 0 Å². The average Bonchev–Trinajstić information content (AvgIpc) is 2.75. The Morgan fingerprint density at radius 1 is 1.06 bits per heavy atom. The van der Waals surface area contributed by atoms with E-state index in [2.05, 4.69) is 20.9 Å². The van der Waals surface area contributed by atoms with Gasteiger partial charge in [-0.15, -0.1) is 24.0 Å². The smallest absolute Gasteiger partial charge is 0.251 e. The van der Waals surface area contributed by atoms with Gasteiger partial charge in [0.1, 0.15) is 5.75 Å². The number of carbonyl (C=O) groups excluding carboxylic acids is 1. The first-order chi connectivity index (χ1) is 15.3. The first kappa shape index (κ1) is 28.7. The van der Waals surface area contributed by atoms with E-state index in [4.69, 9.17) is 9.47 Å². The fraction of sp³-hybridized carbons (Fsp3) is 0.440. The molecular weight excluding hydrogens is 531 g/mol. The van der Waals surface area contributed by atoms with E-state index < -0.39 is 0 Å². The number of amides is 1. The standard InChI is InChI=1S/C25H36N4O3.HI/c1-6-26-24(28-21-12-8-13-22(17-21)32-15-9-14-31-5)27-18-19-10-7-11-20(16-19)23(30)29-25(2,3)4;/h7-8,10-13,16-17H,6,9,14-15,18H2,1-5H3,(H,29,30)(H2,26,27,28);1H. The molecule has 0 saturated carbocycles. The second-order valence-electron chi connectivity index (χ2n) is 8.45. The van der Waals surface area contributed by atoms with Gasteiger partial charge in [-0.25, -0.2) is 4.99 Å². The predicted octanol–water partition coefficient (Wildman–Crippen LogP) is 4.83. The van der Waals surface area contributed by atoms with Crippen LogP contribution in [0.3, 0.4) is 0 Å². The van der Waals surface area contributed by atoms with Gasteiger partial charge in [0.15, 0.2) is 5.96 Å². The highest BCUT2D eigenvalue weighted by Gasteiger charge is 2.15. The number of halogens is 1. The van der Waals surface area contributed by atoms with Gasteiger partial charge in [0.25, 0.3) is 5.91 Å². The van der Waals surface area contributed by atoms with E-state index in [9.17, 15) is 4.79 Å². The van der Waals surface area contributed by atoms with Crippen LogP contribution in [0.5, 0.6) is 5.75 Å². The van der Waals surface area contributed by atoms with E-state index in [-0.39, 0.29) is 35.4 Å². The molecule has 0 unspecified atom stereocenters. The molecule has 0 spiro atoms. The molecule has 0 aliphatic carbocycles. The molecule has 0 aliphatic heterocycles. The minimum Gasteiger partial charge on any atom is -0.493 e. The molecular formula is C25H37IN4O3. The van der Waals surface area contributed by atoms with Gasteiger partial charge in [-0.3, -0.25) is 4.79 Å². The van der Waals surface area contributed by atoms with Crippen LogP contribution >= 0.6 is 24.0 Å². The third kappa shape index (κ3) is 11.4. The summed E-state index contributed by atoms with van der Waals surface area (Å²) in [5.41, 5.74) is 2.19. The van der Waals surface area contributed by atoms with Gasteiger partial charge in [-0.1, -0.05) is 18.2 Å². The van der Waals surface area contributed by atoms with Gasteiger partial charge >= 0.3 is 0 Å². The van der Waals surface area contributed by atoms with Crippen LogP contribution in [-0.4, -0.2) is 44.3 Å². The van der Waals surface area contributed by atoms with Gasteiger partial charge in [0, 0.05) is 49.5 Å². The number of nitrogens with zero attached hydrogens (tertiary/aromatic N) is 1. The number of anilines is 1. The third-order valence-electron chi connectivity index (χ3n) is 4.30. The van der Waals surface area contributed by atoms with Crippen LogP contribution in [0.15, 0.2) is 53.5 Å². The molecule has 0 bridgehead atoms. The van der Waals surface area contributed by atoms with Crippen molar-refractivity contribution in [3.05, 3.63) is 59.7 Å². The van der Waals surface area contributed by atoms with Gasteiger partial charge in [0.05, 0.1) is 13.2 Å². The topological polar surface area (TPSA) is 84.0 Å². The Bertz CT molecular complexity index is 897. The molecule has 3 N–H and O–H groups in total. The molecule has 0 fully saturated rings. The van der Waals surface area contributed by atoms with Gasteiger partial charge in [-0.05, 0) is 57.5 Å². The van der Waals surface area contributed by atoms with E-state index in [1.165, 1.54) is 0 Å². The molecule has 33 heavy (non-hydrogen) atoms. The summed E-state index contributed by atoms with van der Waals surface area (Å²) in [7, 11) is 1.68. The zero-order chi connectivity index (χ0) is 23.4. The highest BCUT2D eigenvalue weighted by atomic mass is 127. The Morgan fingerprint density at radius 2 is 1.82 bits per heavy atom. The van der Waals surface area contributed by atoms with E-state index in [0.717, 1.165) is 30.0 Å². The maximum Gasteiger partial charge on any atom is 0.251 e. The number of ether oxygens (including phenoxy) is 2. The second-order valence-corrected chi connectivity index (χ2v) is 8.45.